The number of aliphatic hydroxyl groups excluding tert-OH is 3. The van der Waals surface area contributed by atoms with Crippen molar-refractivity contribution in [2.75, 3.05) is 6.61 Å². The molecule has 1 aliphatic heterocycles. The van der Waals surface area contributed by atoms with Gasteiger partial charge < -0.3 is 45.6 Å². The molecule has 0 aromatic carbocycles. The Morgan fingerprint density at radius 3 is 1.05 bits per heavy atom. The molecule has 8 N–H and O–H groups in total. The Kier molecular flexibility index (Phi) is 27.7. The molecule has 0 spiro atoms. The number of Topliss-reactive ketones (excluding diaryl/α,β-unsaturated/α-hetero) is 6. The maximum atomic E-state index is 14.2. The zero-order valence-corrected chi connectivity index (χ0v) is 41.5. The van der Waals surface area contributed by atoms with Crippen LogP contribution in [-0.2, 0) is 33.5 Å². The van der Waals surface area contributed by atoms with Crippen LogP contribution in [0.4, 0.5) is 0 Å². The summed E-state index contributed by atoms with van der Waals surface area (Å²) in [6.07, 6.45) is 20.2. The number of ether oxygens (including phenoxy) is 1. The van der Waals surface area contributed by atoms with Crippen molar-refractivity contribution in [3.8, 4) is 0 Å². The average Bonchev–Trinajstić information content (AvgIpc) is 3.28. The second kappa shape index (κ2) is 29.6. The smallest absolute Gasteiger partial charge is 0.237 e. The van der Waals surface area contributed by atoms with Crippen molar-refractivity contribution in [2.45, 2.75) is 280 Å². The van der Waals surface area contributed by atoms with Gasteiger partial charge in [-0.2, -0.15) is 0 Å². The van der Waals surface area contributed by atoms with Crippen LogP contribution in [0.3, 0.4) is 0 Å². The fourth-order valence-corrected chi connectivity index (χ4v) is 9.93. The third-order valence-corrected chi connectivity index (χ3v) is 14.3. The summed E-state index contributed by atoms with van der Waals surface area (Å²) in [5.74, 6) is -14.3. The van der Waals surface area contributed by atoms with Gasteiger partial charge in [-0.15, -0.1) is 0 Å². The van der Waals surface area contributed by atoms with Crippen molar-refractivity contribution in [3.05, 3.63) is 0 Å². The second-order valence-electron chi connectivity index (χ2n) is 19.4. The zero-order valence-electron chi connectivity index (χ0n) is 41.5. The molecule has 1 fully saturated rings. The molecule has 0 saturated carbocycles. The van der Waals surface area contributed by atoms with Gasteiger partial charge in [0.2, 0.25) is 22.6 Å². The van der Waals surface area contributed by atoms with Crippen molar-refractivity contribution in [2.24, 2.45) is 0 Å². The Morgan fingerprint density at radius 2 is 0.758 bits per heavy atom. The topological polar surface area (TPSA) is 273 Å². The van der Waals surface area contributed by atoms with Crippen LogP contribution in [0.5, 0.6) is 0 Å². The molecular weight excluding hydrogens is 853 g/mol. The van der Waals surface area contributed by atoms with Crippen molar-refractivity contribution in [1.82, 2.24) is 0 Å². The average molecular weight is 943 g/mol. The number of carbonyl (C=O) groups excluding carboxylic acids is 6. The Bertz CT molecular complexity index is 1520. The maximum absolute atomic E-state index is 14.2. The molecule has 1 aliphatic rings. The van der Waals surface area contributed by atoms with Crippen LogP contribution in [0, 0.1) is 0 Å². The maximum Gasteiger partial charge on any atom is 0.237 e. The van der Waals surface area contributed by atoms with Gasteiger partial charge in [-0.25, -0.2) is 0 Å². The van der Waals surface area contributed by atoms with Gasteiger partial charge in [0.1, 0.15) is 0 Å². The van der Waals surface area contributed by atoms with Crippen molar-refractivity contribution in [1.29, 1.82) is 0 Å². The molecule has 0 aromatic rings. The number of carbonyl (C=O) groups is 6. The van der Waals surface area contributed by atoms with Gasteiger partial charge in [0.05, 0.1) is 6.61 Å². The molecule has 0 bridgehead atoms. The van der Waals surface area contributed by atoms with Gasteiger partial charge in [0.15, 0.2) is 58.1 Å². The van der Waals surface area contributed by atoms with E-state index < -0.39 is 100 Å². The highest BCUT2D eigenvalue weighted by molar-refractivity contribution is 6.10. The summed E-state index contributed by atoms with van der Waals surface area (Å²) < 4.78 is 5.39. The quantitative estimate of drug-likeness (QED) is 0.0312. The third-order valence-electron chi connectivity index (χ3n) is 14.3. The molecule has 4 unspecified atom stereocenters. The Balaban J connectivity index is 3.38. The highest BCUT2D eigenvalue weighted by atomic mass is 16.7. The number of unbranched alkanes of at least 4 members (excludes halogenated alkanes) is 26. The van der Waals surface area contributed by atoms with E-state index in [0.29, 0.717) is 47.0 Å². The first-order chi connectivity index (χ1) is 31.1. The normalized spacial score (nSPS) is 26.1. The van der Waals surface area contributed by atoms with Gasteiger partial charge >= 0.3 is 0 Å². The first kappa shape index (κ1) is 61.7. The highest BCUT2D eigenvalue weighted by Crippen LogP contribution is 2.57. The minimum atomic E-state index is -4.49. The van der Waals surface area contributed by atoms with Crippen LogP contribution in [0.15, 0.2) is 0 Å². The van der Waals surface area contributed by atoms with Crippen molar-refractivity contribution < 1.29 is 74.4 Å². The van der Waals surface area contributed by atoms with E-state index in [4.69, 9.17) is 4.74 Å². The van der Waals surface area contributed by atoms with Gasteiger partial charge in [0, 0.05) is 12.8 Å². The van der Waals surface area contributed by atoms with E-state index in [1.807, 2.05) is 0 Å². The third kappa shape index (κ3) is 14.1. The van der Waals surface area contributed by atoms with Crippen LogP contribution in [-0.4, -0.2) is 128 Å². The predicted molar refractivity (Wildman–Crippen MR) is 250 cm³/mol. The SMILES string of the molecule is CCCCCCCCCCCCCCCCCC(=O)C(O)(C(O)C(=O)CCCCCCCCCCCCCCC)C(O)C1(O)O[C@@](CO)(C(C)=O)[C@](O)(C(C)=O)[C@@](O)(C(C)=O)[C@@]1(O)C(C)=O. The molecule has 66 heavy (non-hydrogen) atoms. The summed E-state index contributed by atoms with van der Waals surface area (Å²) in [7, 11) is 0. The lowest BCUT2D eigenvalue weighted by molar-refractivity contribution is -0.452. The number of hydrogen-bond donors (Lipinski definition) is 8. The standard InChI is InChI=1S/C51H90O15/c1-7-9-11-13-15-17-19-21-22-24-26-28-30-32-34-36-43(58)47(61,44(59)42(57)35-33-31-29-27-25-23-20-18-16-14-12-10-8-2)45(60)51(65)50(64,41(6)56)49(63,40(5)55)48(62,39(4)54)46(37-52,66-51)38(3)53/h44-45,52,59-65H,7-37H2,1-6H3/t44?,45?,46-,47?,48+,49-,50-,51?/m0/s1. The van der Waals surface area contributed by atoms with Crippen LogP contribution >= 0.6 is 0 Å². The van der Waals surface area contributed by atoms with Crippen molar-refractivity contribution in [3.63, 3.8) is 0 Å². The molecule has 1 heterocycles. The lowest BCUT2D eigenvalue weighted by Crippen LogP contribution is -2.96. The number of ketones is 6. The van der Waals surface area contributed by atoms with Crippen LogP contribution in [0.25, 0.3) is 0 Å². The number of aliphatic hydroxyl groups is 8. The fourth-order valence-electron chi connectivity index (χ4n) is 9.93. The summed E-state index contributed by atoms with van der Waals surface area (Å²) in [6.45, 7) is 4.50. The number of rotatable bonds is 40. The summed E-state index contributed by atoms with van der Waals surface area (Å²) in [5.41, 5.74) is -20.4. The molecule has 15 nitrogen and oxygen atoms in total. The molecule has 8 atom stereocenters. The molecule has 0 amide bonds. The van der Waals surface area contributed by atoms with Gasteiger partial charge in [-0.3, -0.25) is 28.8 Å². The van der Waals surface area contributed by atoms with Crippen molar-refractivity contribution >= 4 is 34.7 Å². The molecule has 0 radical (unpaired) electrons. The predicted octanol–water partition coefficient (Wildman–Crippen LogP) is 6.32. The Hall–Kier alpha value is -2.34. The highest BCUT2D eigenvalue weighted by Gasteiger charge is 2.89. The molecular formula is C51H90O15. The minimum Gasteiger partial charge on any atom is -0.393 e. The first-order valence-electron chi connectivity index (χ1n) is 25.5. The lowest BCUT2D eigenvalue weighted by atomic mass is 9.52. The lowest BCUT2D eigenvalue weighted by Gasteiger charge is -2.65. The first-order valence-corrected chi connectivity index (χ1v) is 25.5. The summed E-state index contributed by atoms with van der Waals surface area (Å²) in [6, 6.07) is 0. The van der Waals surface area contributed by atoms with Crippen LogP contribution < -0.4 is 0 Å². The van der Waals surface area contributed by atoms with E-state index in [1.165, 1.54) is 83.5 Å². The Labute approximate surface area is 394 Å². The van der Waals surface area contributed by atoms with Crippen LogP contribution in [0.1, 0.15) is 234 Å². The van der Waals surface area contributed by atoms with Crippen LogP contribution in [0.2, 0.25) is 0 Å². The van der Waals surface area contributed by atoms with E-state index in [1.54, 1.807) is 0 Å². The fraction of sp³-hybridized carbons (Fsp3) is 0.882. The van der Waals surface area contributed by atoms with Gasteiger partial charge in [-0.05, 0) is 40.5 Å². The van der Waals surface area contributed by atoms with E-state index in [9.17, 15) is 69.6 Å². The van der Waals surface area contributed by atoms with E-state index in [-0.39, 0.29) is 12.8 Å². The summed E-state index contributed by atoms with van der Waals surface area (Å²) in [5, 5.41) is 95.2. The molecule has 0 aliphatic carbocycles. The Morgan fingerprint density at radius 1 is 0.455 bits per heavy atom. The van der Waals surface area contributed by atoms with Gasteiger partial charge in [0.25, 0.3) is 0 Å². The molecule has 1 saturated heterocycles. The molecule has 15 heteroatoms. The summed E-state index contributed by atoms with van der Waals surface area (Å²) >= 11 is 0. The largest absolute Gasteiger partial charge is 0.393 e. The second-order valence-corrected chi connectivity index (χ2v) is 19.4. The molecule has 0 aromatic heterocycles. The molecule has 384 valence electrons. The van der Waals surface area contributed by atoms with E-state index >= 15 is 0 Å². The monoisotopic (exact) mass is 943 g/mol. The van der Waals surface area contributed by atoms with E-state index in [0.717, 1.165) is 64.2 Å². The summed E-state index contributed by atoms with van der Waals surface area (Å²) in [4.78, 5) is 81.5. The number of hydrogen-bond acceptors (Lipinski definition) is 15. The zero-order chi connectivity index (χ0) is 50.2. The van der Waals surface area contributed by atoms with E-state index in [2.05, 4.69) is 13.8 Å². The minimum absolute atomic E-state index is 0.0391. The van der Waals surface area contributed by atoms with Gasteiger partial charge in [-0.1, -0.05) is 181 Å². The molecule has 1 rings (SSSR count).